The first kappa shape index (κ1) is 16.0. The summed E-state index contributed by atoms with van der Waals surface area (Å²) < 4.78 is 32.6. The van der Waals surface area contributed by atoms with Gasteiger partial charge in [-0.15, -0.1) is 0 Å². The molecule has 6 heteroatoms. The van der Waals surface area contributed by atoms with Crippen LogP contribution < -0.4 is 10.1 Å². The van der Waals surface area contributed by atoms with Gasteiger partial charge in [-0.25, -0.2) is 8.78 Å². The minimum Gasteiger partial charge on any atom is -0.493 e. The van der Waals surface area contributed by atoms with Crippen molar-refractivity contribution in [3.05, 3.63) is 57.0 Å². The highest BCUT2D eigenvalue weighted by Crippen LogP contribution is 2.38. The Kier molecular flexibility index (Phi) is 5.06. The molecule has 0 saturated carbocycles. The third-order valence-corrected chi connectivity index (χ3v) is 3.78. The molecular weight excluding hydrogens is 364 g/mol. The van der Waals surface area contributed by atoms with Crippen LogP contribution >= 0.6 is 27.5 Å². The lowest BCUT2D eigenvalue weighted by atomic mass is 10.1. The fourth-order valence-electron chi connectivity index (χ4n) is 2.02. The summed E-state index contributed by atoms with van der Waals surface area (Å²) in [7, 11) is 1.53. The predicted molar refractivity (Wildman–Crippen MR) is 84.1 cm³/mol. The van der Waals surface area contributed by atoms with E-state index in [-0.39, 0.29) is 6.04 Å². The van der Waals surface area contributed by atoms with Crippen LogP contribution in [0.25, 0.3) is 0 Å². The Labute approximate surface area is 135 Å². The SMILES string of the molecule is COc1c(Br)cc(Cl)cc1NC(C)c1cc(F)cc(F)c1. The smallest absolute Gasteiger partial charge is 0.156 e. The van der Waals surface area contributed by atoms with Gasteiger partial charge in [0.25, 0.3) is 0 Å². The van der Waals surface area contributed by atoms with Gasteiger partial charge in [0.1, 0.15) is 11.6 Å². The molecular formula is C15H13BrClF2NO. The van der Waals surface area contributed by atoms with Gasteiger partial charge < -0.3 is 10.1 Å². The van der Waals surface area contributed by atoms with Crippen molar-refractivity contribution in [2.75, 3.05) is 12.4 Å². The largest absolute Gasteiger partial charge is 0.493 e. The van der Waals surface area contributed by atoms with Crippen molar-refractivity contribution in [2.45, 2.75) is 13.0 Å². The van der Waals surface area contributed by atoms with Gasteiger partial charge in [-0.3, -0.25) is 0 Å². The van der Waals surface area contributed by atoms with Crippen LogP contribution in [0.2, 0.25) is 5.02 Å². The van der Waals surface area contributed by atoms with Crippen LogP contribution in [0, 0.1) is 11.6 Å². The van der Waals surface area contributed by atoms with Crippen molar-refractivity contribution in [3.8, 4) is 5.75 Å². The summed E-state index contributed by atoms with van der Waals surface area (Å²) in [6, 6.07) is 6.48. The van der Waals surface area contributed by atoms with Gasteiger partial charge in [0.15, 0.2) is 5.75 Å². The molecule has 0 saturated heterocycles. The molecule has 0 radical (unpaired) electrons. The van der Waals surface area contributed by atoms with Crippen molar-refractivity contribution >= 4 is 33.2 Å². The van der Waals surface area contributed by atoms with E-state index in [0.717, 1.165) is 6.07 Å². The second-order valence-electron chi connectivity index (χ2n) is 4.54. The van der Waals surface area contributed by atoms with Crippen molar-refractivity contribution in [2.24, 2.45) is 0 Å². The molecule has 2 nitrogen and oxygen atoms in total. The highest BCUT2D eigenvalue weighted by molar-refractivity contribution is 9.10. The number of anilines is 1. The normalized spacial score (nSPS) is 12.1. The van der Waals surface area contributed by atoms with Crippen LogP contribution in [0.1, 0.15) is 18.5 Å². The second kappa shape index (κ2) is 6.62. The number of nitrogens with one attached hydrogen (secondary N) is 1. The monoisotopic (exact) mass is 375 g/mol. The van der Waals surface area contributed by atoms with Crippen molar-refractivity contribution < 1.29 is 13.5 Å². The summed E-state index contributed by atoms with van der Waals surface area (Å²) in [6.45, 7) is 1.79. The molecule has 21 heavy (non-hydrogen) atoms. The lowest BCUT2D eigenvalue weighted by Crippen LogP contribution is -2.08. The lowest BCUT2D eigenvalue weighted by Gasteiger charge is -2.19. The predicted octanol–water partition coefficient (Wildman–Crippen LogP) is 5.56. The zero-order valence-corrected chi connectivity index (χ0v) is 13.7. The first-order chi connectivity index (χ1) is 9.90. The van der Waals surface area contributed by atoms with E-state index < -0.39 is 11.6 Å². The Morgan fingerprint density at radius 3 is 2.33 bits per heavy atom. The number of rotatable bonds is 4. The summed E-state index contributed by atoms with van der Waals surface area (Å²) >= 11 is 9.37. The third kappa shape index (κ3) is 3.86. The van der Waals surface area contributed by atoms with Crippen LogP contribution in [-0.2, 0) is 0 Å². The molecule has 2 aromatic rings. The van der Waals surface area contributed by atoms with Gasteiger partial charge in [0, 0.05) is 17.1 Å². The first-order valence-electron chi connectivity index (χ1n) is 6.16. The van der Waals surface area contributed by atoms with Gasteiger partial charge in [-0.2, -0.15) is 0 Å². The average Bonchev–Trinajstić information content (AvgIpc) is 2.37. The molecule has 0 aliphatic carbocycles. The molecule has 0 aliphatic heterocycles. The Bertz CT molecular complexity index is 646. The third-order valence-electron chi connectivity index (χ3n) is 2.97. The van der Waals surface area contributed by atoms with E-state index in [9.17, 15) is 8.78 Å². The molecule has 0 spiro atoms. The van der Waals surface area contributed by atoms with Crippen molar-refractivity contribution in [1.82, 2.24) is 0 Å². The number of ether oxygens (including phenoxy) is 1. The van der Waals surface area contributed by atoms with E-state index in [2.05, 4.69) is 21.2 Å². The van der Waals surface area contributed by atoms with Gasteiger partial charge in [-0.1, -0.05) is 11.6 Å². The molecule has 1 N–H and O–H groups in total. The molecule has 112 valence electrons. The molecule has 0 bridgehead atoms. The van der Waals surface area contributed by atoms with Crippen LogP contribution in [0.5, 0.6) is 5.75 Å². The average molecular weight is 377 g/mol. The highest BCUT2D eigenvalue weighted by Gasteiger charge is 2.14. The van der Waals surface area contributed by atoms with E-state index in [4.69, 9.17) is 16.3 Å². The topological polar surface area (TPSA) is 21.3 Å². The molecule has 1 atom stereocenters. The summed E-state index contributed by atoms with van der Waals surface area (Å²) in [4.78, 5) is 0. The van der Waals surface area contributed by atoms with Crippen LogP contribution in [0.3, 0.4) is 0 Å². The van der Waals surface area contributed by atoms with Crippen molar-refractivity contribution in [1.29, 1.82) is 0 Å². The van der Waals surface area contributed by atoms with Crippen LogP contribution in [0.4, 0.5) is 14.5 Å². The highest BCUT2D eigenvalue weighted by atomic mass is 79.9. The maximum Gasteiger partial charge on any atom is 0.156 e. The van der Waals surface area contributed by atoms with E-state index in [1.54, 1.807) is 19.1 Å². The minimum atomic E-state index is -0.613. The molecule has 0 amide bonds. The van der Waals surface area contributed by atoms with Crippen molar-refractivity contribution in [3.63, 3.8) is 0 Å². The van der Waals surface area contributed by atoms with Gasteiger partial charge in [0.05, 0.1) is 17.3 Å². The molecule has 2 aromatic carbocycles. The van der Waals surface area contributed by atoms with Crippen LogP contribution in [0.15, 0.2) is 34.8 Å². The molecule has 1 unspecified atom stereocenters. The quantitative estimate of drug-likeness (QED) is 0.754. The number of hydrogen-bond acceptors (Lipinski definition) is 2. The molecule has 0 aromatic heterocycles. The number of halogens is 4. The van der Waals surface area contributed by atoms with E-state index in [1.807, 2.05) is 0 Å². The summed E-state index contributed by atoms with van der Waals surface area (Å²) in [6.07, 6.45) is 0. The zero-order chi connectivity index (χ0) is 15.6. The maximum atomic E-state index is 13.3. The van der Waals surface area contributed by atoms with Gasteiger partial charge in [-0.05, 0) is 52.7 Å². The summed E-state index contributed by atoms with van der Waals surface area (Å²) in [5, 5.41) is 3.66. The maximum absolute atomic E-state index is 13.3. The second-order valence-corrected chi connectivity index (χ2v) is 5.83. The standard InChI is InChI=1S/C15H13BrClF2NO/c1-8(9-3-11(18)7-12(19)4-9)20-14-6-10(17)5-13(16)15(14)21-2/h3-8,20H,1-2H3. The zero-order valence-electron chi connectivity index (χ0n) is 11.4. The lowest BCUT2D eigenvalue weighted by molar-refractivity contribution is 0.413. The Balaban J connectivity index is 2.33. The van der Waals surface area contributed by atoms with E-state index >= 15 is 0 Å². The van der Waals surface area contributed by atoms with E-state index in [0.29, 0.717) is 26.5 Å². The molecule has 0 aliphatic rings. The minimum absolute atomic E-state index is 0.325. The Morgan fingerprint density at radius 2 is 1.76 bits per heavy atom. The summed E-state index contributed by atoms with van der Waals surface area (Å²) in [5.41, 5.74) is 1.12. The number of hydrogen-bond donors (Lipinski definition) is 1. The number of benzene rings is 2. The Morgan fingerprint density at radius 1 is 1.14 bits per heavy atom. The molecule has 0 fully saturated rings. The molecule has 2 rings (SSSR count). The van der Waals surface area contributed by atoms with Gasteiger partial charge in [0.2, 0.25) is 0 Å². The van der Waals surface area contributed by atoms with E-state index in [1.165, 1.54) is 19.2 Å². The van der Waals surface area contributed by atoms with Crippen LogP contribution in [-0.4, -0.2) is 7.11 Å². The summed E-state index contributed by atoms with van der Waals surface area (Å²) in [5.74, 6) is -0.654. The fourth-order valence-corrected chi connectivity index (χ4v) is 2.99. The van der Waals surface area contributed by atoms with Gasteiger partial charge >= 0.3 is 0 Å². The first-order valence-corrected chi connectivity index (χ1v) is 7.33. The number of methoxy groups -OCH3 is 1. The Hall–Kier alpha value is -1.33. The molecule has 0 heterocycles. The fraction of sp³-hybridized carbons (Fsp3) is 0.200.